The van der Waals surface area contributed by atoms with Gasteiger partial charge in [0.2, 0.25) is 5.91 Å². The molecular weight excluding hydrogens is 576 g/mol. The van der Waals surface area contributed by atoms with E-state index < -0.39 is 46.3 Å². The molecule has 1 unspecified atom stereocenters. The fourth-order valence-corrected chi connectivity index (χ4v) is 4.56. The number of benzene rings is 1. The standard InChI is InChI=1S/C28H24N8O8/c1-15(37)33-32-14-28(7-6-18(44-3)12-30-28)36-26(41)21-8-19-20(9-22(21)27(36)42)25(40)35(24(19)39)13-23(38)34-31-10-16-4-5-17(43-2)11-29-16/h4-12,14,30H,13H2,1-3H3,(H,33,37)(H,34,38)/b31-10+,32-14+. The van der Waals surface area contributed by atoms with Gasteiger partial charge in [0.15, 0.2) is 5.66 Å². The van der Waals surface area contributed by atoms with E-state index in [2.05, 4.69) is 31.4 Å². The van der Waals surface area contributed by atoms with Gasteiger partial charge in [-0.25, -0.2) is 15.4 Å². The van der Waals surface area contributed by atoms with E-state index in [1.165, 1.54) is 51.9 Å². The lowest BCUT2D eigenvalue weighted by molar-refractivity contribution is -0.121. The van der Waals surface area contributed by atoms with Gasteiger partial charge in [-0.15, -0.1) is 0 Å². The molecule has 1 aliphatic heterocycles. The van der Waals surface area contributed by atoms with Crippen molar-refractivity contribution >= 4 is 45.8 Å². The average molecular weight is 601 g/mol. The van der Waals surface area contributed by atoms with Crippen molar-refractivity contribution in [2.45, 2.75) is 19.1 Å². The van der Waals surface area contributed by atoms with Crippen LogP contribution in [0.1, 0.15) is 12.6 Å². The number of dihydropyridines is 1. The third kappa shape index (κ3) is 5.26. The van der Waals surface area contributed by atoms with E-state index in [4.69, 9.17) is 9.47 Å². The molecule has 1 aromatic carbocycles. The second-order valence-corrected chi connectivity index (χ2v) is 9.48. The number of amides is 2. The number of allylic oxidation sites excluding steroid dienone is 1. The molecule has 4 aromatic rings. The Morgan fingerprint density at radius 2 is 1.61 bits per heavy atom. The van der Waals surface area contributed by atoms with Gasteiger partial charge in [0.1, 0.15) is 18.1 Å². The molecule has 2 amide bonds. The summed E-state index contributed by atoms with van der Waals surface area (Å²) in [4.78, 5) is 81.4. The van der Waals surface area contributed by atoms with E-state index in [9.17, 15) is 28.8 Å². The average Bonchev–Trinajstić information content (AvgIpc) is 3.40. The summed E-state index contributed by atoms with van der Waals surface area (Å²) in [7, 11) is 2.92. The molecule has 3 N–H and O–H groups in total. The van der Waals surface area contributed by atoms with Crippen molar-refractivity contribution in [1.29, 1.82) is 0 Å². The molecule has 224 valence electrons. The van der Waals surface area contributed by atoms with E-state index in [1.807, 2.05) is 0 Å². The van der Waals surface area contributed by atoms with Crippen LogP contribution >= 0.6 is 0 Å². The van der Waals surface area contributed by atoms with E-state index in [1.54, 1.807) is 12.1 Å². The number of hydrogen-bond acceptors (Lipinski definition) is 12. The van der Waals surface area contributed by atoms with Crippen LogP contribution in [0.4, 0.5) is 0 Å². The Morgan fingerprint density at radius 3 is 2.14 bits per heavy atom. The van der Waals surface area contributed by atoms with Crippen LogP contribution in [0.5, 0.6) is 5.75 Å². The van der Waals surface area contributed by atoms with Crippen molar-refractivity contribution in [3.63, 3.8) is 0 Å². The largest absolute Gasteiger partial charge is 0.495 e. The first-order valence-electron chi connectivity index (χ1n) is 12.9. The Bertz CT molecular complexity index is 2050. The van der Waals surface area contributed by atoms with Gasteiger partial charge >= 0.3 is 0 Å². The minimum atomic E-state index is -1.66. The minimum absolute atomic E-state index is 0.137. The fraction of sp³-hybridized carbons (Fsp3) is 0.179. The van der Waals surface area contributed by atoms with Crippen LogP contribution in [0.15, 0.2) is 84.0 Å². The van der Waals surface area contributed by atoms with Gasteiger partial charge in [0.25, 0.3) is 28.1 Å². The highest BCUT2D eigenvalue weighted by Crippen LogP contribution is 2.20. The fourth-order valence-electron chi connectivity index (χ4n) is 4.56. The number of nitrogens with zero attached hydrogens (tertiary/aromatic N) is 5. The van der Waals surface area contributed by atoms with Gasteiger partial charge in [-0.3, -0.25) is 38.3 Å². The molecule has 0 bridgehead atoms. The van der Waals surface area contributed by atoms with Gasteiger partial charge in [0, 0.05) is 13.1 Å². The normalized spacial score (nSPS) is 16.4. The number of fused-ring (bicyclic) bond motifs is 2. The van der Waals surface area contributed by atoms with Crippen molar-refractivity contribution in [3.8, 4) is 5.75 Å². The summed E-state index contributed by atoms with van der Waals surface area (Å²) in [5, 5.41) is 9.93. The van der Waals surface area contributed by atoms with Crippen LogP contribution in [0, 0.1) is 0 Å². The SMILES string of the molecule is COC1=CNC(/C=N/NC(C)=O)(n2c(=O)c3cc4c(=O)n(CC(=O)N/N=C/c5ccc(OC)cn5)c(=O)c4cc3c2=O)C=C1. The smallest absolute Gasteiger partial charge is 0.264 e. The zero-order valence-electron chi connectivity index (χ0n) is 23.5. The van der Waals surface area contributed by atoms with E-state index in [0.29, 0.717) is 21.8 Å². The van der Waals surface area contributed by atoms with Crippen LogP contribution in [-0.2, 0) is 26.5 Å². The van der Waals surface area contributed by atoms with Crippen LogP contribution < -0.4 is 43.1 Å². The highest BCUT2D eigenvalue weighted by atomic mass is 16.5. The van der Waals surface area contributed by atoms with Gasteiger partial charge in [-0.05, 0) is 36.4 Å². The Hall–Kier alpha value is -6.19. The lowest BCUT2D eigenvalue weighted by atomic mass is 10.1. The number of hydrazone groups is 2. The molecule has 0 radical (unpaired) electrons. The number of pyridine rings is 1. The first-order chi connectivity index (χ1) is 21.1. The topological polar surface area (TPSA) is 204 Å². The maximum atomic E-state index is 13.6. The molecule has 0 fully saturated rings. The number of methoxy groups -OCH3 is 2. The molecule has 0 saturated carbocycles. The number of hydrogen-bond donors (Lipinski definition) is 3. The Balaban J connectivity index is 1.49. The first-order valence-corrected chi connectivity index (χ1v) is 12.9. The van der Waals surface area contributed by atoms with E-state index in [0.717, 1.165) is 22.9 Å². The van der Waals surface area contributed by atoms with Crippen LogP contribution in [0.25, 0.3) is 21.5 Å². The number of ether oxygens (including phenoxy) is 2. The third-order valence-electron chi connectivity index (χ3n) is 6.69. The molecule has 1 atom stereocenters. The highest BCUT2D eigenvalue weighted by molar-refractivity contribution is 5.98. The summed E-state index contributed by atoms with van der Waals surface area (Å²) >= 11 is 0. The first kappa shape index (κ1) is 29.3. The van der Waals surface area contributed by atoms with E-state index >= 15 is 0 Å². The summed E-state index contributed by atoms with van der Waals surface area (Å²) in [6, 6.07) is 5.56. The summed E-state index contributed by atoms with van der Waals surface area (Å²) in [5.74, 6) is -0.337. The van der Waals surface area contributed by atoms with Crippen LogP contribution in [0.3, 0.4) is 0 Å². The molecule has 16 nitrogen and oxygen atoms in total. The molecule has 0 spiro atoms. The predicted molar refractivity (Wildman–Crippen MR) is 159 cm³/mol. The second kappa shape index (κ2) is 11.6. The van der Waals surface area contributed by atoms with Gasteiger partial charge in [-0.1, -0.05) is 0 Å². The molecule has 16 heteroatoms. The Morgan fingerprint density at radius 1 is 0.955 bits per heavy atom. The summed E-state index contributed by atoms with van der Waals surface area (Å²) in [6.45, 7) is 0.568. The van der Waals surface area contributed by atoms with Gasteiger partial charge < -0.3 is 14.8 Å². The van der Waals surface area contributed by atoms with Crippen molar-refractivity contribution in [2.24, 2.45) is 10.2 Å². The number of nitrogens with one attached hydrogen (secondary N) is 3. The molecule has 3 aromatic heterocycles. The summed E-state index contributed by atoms with van der Waals surface area (Å²) in [5.41, 5.74) is -0.0516. The van der Waals surface area contributed by atoms with Gasteiger partial charge in [0.05, 0.1) is 60.1 Å². The molecule has 1 aliphatic rings. The number of carbonyl (C=O) groups is 2. The number of carbonyl (C=O) groups excluding carboxylic acids is 2. The van der Waals surface area contributed by atoms with E-state index in [-0.39, 0.29) is 21.5 Å². The zero-order valence-corrected chi connectivity index (χ0v) is 23.5. The monoisotopic (exact) mass is 600 g/mol. The van der Waals surface area contributed by atoms with Crippen LogP contribution in [-0.4, -0.2) is 52.6 Å². The van der Waals surface area contributed by atoms with Crippen molar-refractivity contribution in [3.05, 3.63) is 102 Å². The quantitative estimate of drug-likeness (QED) is 0.156. The maximum absolute atomic E-state index is 13.6. The lowest BCUT2D eigenvalue weighted by Crippen LogP contribution is -2.54. The second-order valence-electron chi connectivity index (χ2n) is 9.48. The van der Waals surface area contributed by atoms with Crippen LogP contribution in [0.2, 0.25) is 0 Å². The summed E-state index contributed by atoms with van der Waals surface area (Å²) < 4.78 is 11.7. The van der Waals surface area contributed by atoms with Crippen molar-refractivity contribution < 1.29 is 19.1 Å². The Labute approximate surface area is 246 Å². The minimum Gasteiger partial charge on any atom is -0.495 e. The number of rotatable bonds is 9. The molecule has 0 aliphatic carbocycles. The molecule has 0 saturated heterocycles. The molecule has 44 heavy (non-hydrogen) atoms. The summed E-state index contributed by atoms with van der Waals surface area (Å²) in [6.07, 6.45) is 8.20. The lowest BCUT2D eigenvalue weighted by Gasteiger charge is -2.30. The predicted octanol–water partition coefficient (Wildman–Crippen LogP) is -1.11. The third-order valence-corrected chi connectivity index (χ3v) is 6.69. The highest BCUT2D eigenvalue weighted by Gasteiger charge is 2.35. The Kier molecular flexibility index (Phi) is 7.72. The van der Waals surface area contributed by atoms with Crippen molar-refractivity contribution in [2.75, 3.05) is 14.2 Å². The zero-order chi connectivity index (χ0) is 31.6. The van der Waals surface area contributed by atoms with Crippen molar-refractivity contribution in [1.82, 2.24) is 30.3 Å². The van der Waals surface area contributed by atoms with Gasteiger partial charge in [-0.2, -0.15) is 10.2 Å². The maximum Gasteiger partial charge on any atom is 0.264 e. The number of aromatic nitrogens is 3. The molecule has 5 rings (SSSR count). The molecule has 4 heterocycles. The molecular formula is C28H24N8O8.